The lowest BCUT2D eigenvalue weighted by molar-refractivity contribution is 0.155. The monoisotopic (exact) mass is 331 g/mol. The number of hydrogen-bond acceptors (Lipinski definition) is 4. The Morgan fingerprint density at radius 2 is 1.79 bits per heavy atom. The number of benzene rings is 1. The van der Waals surface area contributed by atoms with Gasteiger partial charge in [-0.05, 0) is 26.1 Å². The quantitative estimate of drug-likeness (QED) is 0.893. The van der Waals surface area contributed by atoms with Crippen LogP contribution in [0.2, 0.25) is 0 Å². The number of aryl methyl sites for hydroxylation is 1. The zero-order valence-corrected chi connectivity index (χ0v) is 14.4. The van der Waals surface area contributed by atoms with Crippen LogP contribution >= 0.6 is 0 Å². The molecular formula is C17H25N5O2. The molecule has 0 unspecified atom stereocenters. The molecule has 0 atom stereocenters. The van der Waals surface area contributed by atoms with Crippen molar-refractivity contribution >= 4 is 17.1 Å². The second-order valence-corrected chi connectivity index (χ2v) is 6.23. The van der Waals surface area contributed by atoms with Crippen molar-refractivity contribution in [1.82, 2.24) is 24.3 Å². The van der Waals surface area contributed by atoms with Gasteiger partial charge in [0.15, 0.2) is 0 Å². The second-order valence-electron chi connectivity index (χ2n) is 6.23. The highest BCUT2D eigenvalue weighted by Gasteiger charge is 2.18. The number of carbonyl (C=O) groups excluding carboxylic acids is 1. The van der Waals surface area contributed by atoms with E-state index in [1.807, 2.05) is 31.2 Å². The van der Waals surface area contributed by atoms with Gasteiger partial charge in [0.25, 0.3) is 0 Å². The summed E-state index contributed by atoms with van der Waals surface area (Å²) in [5.74, 6) is 0. The standard InChI is InChI=1S/C17H25N5O2/c1-3-21-14-6-4-5-7-15(14)22(17(21)24)16(23)18-8-9-20-12-10-19(2)11-13-20/h4-7H,3,8-13H2,1-2H3,(H,18,23). The van der Waals surface area contributed by atoms with Gasteiger partial charge in [0.05, 0.1) is 11.0 Å². The molecule has 3 rings (SSSR count). The van der Waals surface area contributed by atoms with Crippen molar-refractivity contribution < 1.29 is 4.79 Å². The summed E-state index contributed by atoms with van der Waals surface area (Å²) in [7, 11) is 2.12. The predicted octanol–water partition coefficient (Wildman–Crippen LogP) is 0.628. The Morgan fingerprint density at radius 3 is 2.46 bits per heavy atom. The van der Waals surface area contributed by atoms with Crippen molar-refractivity contribution in [2.75, 3.05) is 46.3 Å². The number of imidazole rings is 1. The Morgan fingerprint density at radius 1 is 1.12 bits per heavy atom. The van der Waals surface area contributed by atoms with E-state index in [1.165, 1.54) is 4.57 Å². The van der Waals surface area contributed by atoms with Crippen molar-refractivity contribution in [3.63, 3.8) is 0 Å². The third-order valence-electron chi connectivity index (χ3n) is 4.66. The molecule has 1 amide bonds. The maximum absolute atomic E-state index is 12.5. The molecule has 2 heterocycles. The highest BCUT2D eigenvalue weighted by molar-refractivity contribution is 5.89. The molecule has 1 aliphatic rings. The van der Waals surface area contributed by atoms with E-state index in [0.717, 1.165) is 38.2 Å². The smallest absolute Gasteiger partial charge is 0.336 e. The molecule has 0 radical (unpaired) electrons. The number of amides is 1. The lowest BCUT2D eigenvalue weighted by Gasteiger charge is -2.32. The van der Waals surface area contributed by atoms with E-state index >= 15 is 0 Å². The number of likely N-dealkylation sites (N-methyl/N-ethyl adjacent to an activating group) is 1. The van der Waals surface area contributed by atoms with Crippen LogP contribution in [0.5, 0.6) is 0 Å². The SMILES string of the molecule is CCn1c(=O)n(C(=O)NCCN2CCN(C)CC2)c2ccccc21. The maximum Gasteiger partial charge on any atom is 0.337 e. The normalized spacial score (nSPS) is 16.6. The van der Waals surface area contributed by atoms with Crippen molar-refractivity contribution in [3.05, 3.63) is 34.7 Å². The van der Waals surface area contributed by atoms with E-state index in [1.54, 1.807) is 4.57 Å². The number of piperazine rings is 1. The van der Waals surface area contributed by atoms with E-state index < -0.39 is 0 Å². The number of rotatable bonds is 4. The summed E-state index contributed by atoms with van der Waals surface area (Å²) in [6.07, 6.45) is 0. The van der Waals surface area contributed by atoms with Gasteiger partial charge < -0.3 is 10.2 Å². The highest BCUT2D eigenvalue weighted by Crippen LogP contribution is 2.12. The van der Waals surface area contributed by atoms with Gasteiger partial charge in [-0.15, -0.1) is 0 Å². The minimum Gasteiger partial charge on any atom is -0.336 e. The summed E-state index contributed by atoms with van der Waals surface area (Å²) >= 11 is 0. The summed E-state index contributed by atoms with van der Waals surface area (Å²) in [6.45, 7) is 7.93. The van der Waals surface area contributed by atoms with Crippen molar-refractivity contribution in [1.29, 1.82) is 0 Å². The number of fused-ring (bicyclic) bond motifs is 1. The number of para-hydroxylation sites is 2. The van der Waals surface area contributed by atoms with E-state index in [0.29, 0.717) is 18.6 Å². The Bertz CT molecular complexity index is 771. The largest absolute Gasteiger partial charge is 0.337 e. The van der Waals surface area contributed by atoms with Gasteiger partial charge in [-0.25, -0.2) is 14.2 Å². The van der Waals surface area contributed by atoms with Crippen LogP contribution in [0.4, 0.5) is 4.79 Å². The summed E-state index contributed by atoms with van der Waals surface area (Å²) in [6, 6.07) is 7.05. The summed E-state index contributed by atoms with van der Waals surface area (Å²) in [4.78, 5) is 29.7. The average molecular weight is 331 g/mol. The number of carbonyl (C=O) groups is 1. The number of aromatic nitrogens is 2. The minimum atomic E-state index is -0.350. The number of nitrogens with one attached hydrogen (secondary N) is 1. The molecule has 130 valence electrons. The first kappa shape index (κ1) is 16.7. The fourth-order valence-electron chi connectivity index (χ4n) is 3.18. The fraction of sp³-hybridized carbons (Fsp3) is 0.529. The molecule has 1 aromatic carbocycles. The summed E-state index contributed by atoms with van der Waals surface area (Å²) in [5, 5.41) is 2.88. The number of nitrogens with zero attached hydrogens (tertiary/aromatic N) is 4. The highest BCUT2D eigenvalue weighted by atomic mass is 16.2. The van der Waals surface area contributed by atoms with Crippen LogP contribution in [-0.4, -0.2) is 71.3 Å². The van der Waals surface area contributed by atoms with E-state index in [4.69, 9.17) is 0 Å². The molecule has 1 aliphatic heterocycles. The van der Waals surface area contributed by atoms with Gasteiger partial charge in [-0.1, -0.05) is 12.1 Å². The average Bonchev–Trinajstić information content (AvgIpc) is 2.87. The molecule has 24 heavy (non-hydrogen) atoms. The summed E-state index contributed by atoms with van der Waals surface area (Å²) in [5.41, 5.74) is 1.16. The summed E-state index contributed by atoms with van der Waals surface area (Å²) < 4.78 is 2.86. The molecule has 1 N–H and O–H groups in total. The van der Waals surface area contributed by atoms with Crippen LogP contribution in [0.15, 0.2) is 29.1 Å². The fourth-order valence-corrected chi connectivity index (χ4v) is 3.18. The Kier molecular flexibility index (Phi) is 5.01. The molecule has 0 aliphatic carbocycles. The second kappa shape index (κ2) is 7.19. The molecule has 0 bridgehead atoms. The van der Waals surface area contributed by atoms with Crippen LogP contribution in [0.1, 0.15) is 6.92 Å². The molecular weight excluding hydrogens is 306 g/mol. The van der Waals surface area contributed by atoms with Gasteiger partial charge in [0.2, 0.25) is 0 Å². The van der Waals surface area contributed by atoms with Crippen LogP contribution in [0.25, 0.3) is 11.0 Å². The molecule has 1 saturated heterocycles. The number of hydrogen-bond donors (Lipinski definition) is 1. The molecule has 0 saturated carbocycles. The van der Waals surface area contributed by atoms with Gasteiger partial charge in [-0.3, -0.25) is 9.47 Å². The molecule has 1 fully saturated rings. The first-order chi connectivity index (χ1) is 11.6. The van der Waals surface area contributed by atoms with Crippen molar-refractivity contribution in [2.24, 2.45) is 0 Å². The van der Waals surface area contributed by atoms with E-state index in [9.17, 15) is 9.59 Å². The zero-order chi connectivity index (χ0) is 17.1. The Hall–Kier alpha value is -2.12. The van der Waals surface area contributed by atoms with E-state index in [-0.39, 0.29) is 11.7 Å². The predicted molar refractivity (Wildman–Crippen MR) is 94.6 cm³/mol. The molecule has 2 aromatic rings. The van der Waals surface area contributed by atoms with Crippen LogP contribution in [0.3, 0.4) is 0 Å². The van der Waals surface area contributed by atoms with Crippen LogP contribution < -0.4 is 11.0 Å². The third-order valence-corrected chi connectivity index (χ3v) is 4.66. The maximum atomic E-state index is 12.5. The lowest BCUT2D eigenvalue weighted by Crippen LogP contribution is -2.47. The van der Waals surface area contributed by atoms with Gasteiger partial charge in [-0.2, -0.15) is 0 Å². The zero-order valence-electron chi connectivity index (χ0n) is 14.4. The van der Waals surface area contributed by atoms with Crippen LogP contribution in [0, 0.1) is 0 Å². The molecule has 7 heteroatoms. The minimum absolute atomic E-state index is 0.282. The Labute approximate surface area is 141 Å². The first-order valence-electron chi connectivity index (χ1n) is 8.51. The third kappa shape index (κ3) is 3.22. The van der Waals surface area contributed by atoms with Gasteiger partial charge in [0, 0.05) is 45.8 Å². The van der Waals surface area contributed by atoms with Crippen LogP contribution in [-0.2, 0) is 6.54 Å². The molecule has 1 aromatic heterocycles. The first-order valence-corrected chi connectivity index (χ1v) is 8.51. The van der Waals surface area contributed by atoms with Gasteiger partial charge in [0.1, 0.15) is 0 Å². The van der Waals surface area contributed by atoms with E-state index in [2.05, 4.69) is 22.2 Å². The molecule has 0 spiro atoms. The van der Waals surface area contributed by atoms with Gasteiger partial charge >= 0.3 is 11.7 Å². The Balaban J connectivity index is 1.68. The lowest BCUT2D eigenvalue weighted by atomic mass is 10.3. The topological polar surface area (TPSA) is 62.5 Å². The van der Waals surface area contributed by atoms with Crippen molar-refractivity contribution in [2.45, 2.75) is 13.5 Å². The molecule has 7 nitrogen and oxygen atoms in total. The van der Waals surface area contributed by atoms with Crippen molar-refractivity contribution in [3.8, 4) is 0 Å².